The van der Waals surface area contributed by atoms with E-state index in [9.17, 15) is 40.7 Å². The van der Waals surface area contributed by atoms with Gasteiger partial charge in [0.25, 0.3) is 11.1 Å². The normalized spacial score (nSPS) is 11.2. The van der Waals surface area contributed by atoms with Gasteiger partial charge in [0.2, 0.25) is 0 Å². The van der Waals surface area contributed by atoms with E-state index in [4.69, 9.17) is 50.6 Å². The lowest BCUT2D eigenvalue weighted by atomic mass is 10.0. The Morgan fingerprint density at radius 1 is 0.706 bits per heavy atom. The minimum absolute atomic E-state index is 0.0247. The lowest BCUT2D eigenvalue weighted by Gasteiger charge is -2.15. The van der Waals surface area contributed by atoms with E-state index in [-0.39, 0.29) is 27.7 Å². The molecule has 2 aromatic carbocycles. The van der Waals surface area contributed by atoms with Crippen LogP contribution in [-0.4, -0.2) is 54.0 Å². The molecule has 12 nitrogen and oxygen atoms in total. The smallest absolute Gasteiger partial charge is 0.311 e. The summed E-state index contributed by atoms with van der Waals surface area (Å²) in [6.07, 6.45) is 5.08. The molecule has 0 spiro atoms. The Morgan fingerprint density at radius 3 is 1.59 bits per heavy atom. The predicted octanol–water partition coefficient (Wildman–Crippen LogP) is 7.08. The minimum atomic E-state index is -4.21. The number of aromatic hydroxyl groups is 1. The number of H-pyrrole nitrogens is 2. The molecule has 0 radical (unpaired) electrons. The van der Waals surface area contributed by atoms with Crippen molar-refractivity contribution in [1.29, 1.82) is 0 Å². The maximum Gasteiger partial charge on any atom is 0.311 e. The molecule has 0 saturated heterocycles. The third kappa shape index (κ3) is 8.18. The SMILES string of the molecule is CC(C)S(=O)(=O)Oc1c(-c2c(F)ccc(F)c2Cl)c(=O)[nH]c2nccnc12.ClCCl.O=c1[nH]c2nccnc2c(O)c1-c1c(F)ccc(F)c1Cl. The van der Waals surface area contributed by atoms with Gasteiger partial charge in [-0.3, -0.25) is 9.59 Å². The van der Waals surface area contributed by atoms with Gasteiger partial charge in [-0.2, -0.15) is 8.42 Å². The number of benzene rings is 2. The summed E-state index contributed by atoms with van der Waals surface area (Å²) >= 11 is 21.1. The summed E-state index contributed by atoms with van der Waals surface area (Å²) in [5, 5.41) is 8.07. The first-order chi connectivity index (χ1) is 24.0. The molecule has 3 N–H and O–H groups in total. The summed E-state index contributed by atoms with van der Waals surface area (Å²) in [4.78, 5) is 44.8. The van der Waals surface area contributed by atoms with Crippen LogP contribution in [0.3, 0.4) is 0 Å². The van der Waals surface area contributed by atoms with Crippen molar-refractivity contribution in [2.75, 3.05) is 5.34 Å². The monoisotopic (exact) mass is 808 g/mol. The molecular weight excluding hydrogens is 790 g/mol. The third-order valence-corrected chi connectivity index (χ3v) is 8.88. The lowest BCUT2D eigenvalue weighted by Crippen LogP contribution is -2.23. The average molecular weight is 810 g/mol. The number of aromatic amines is 2. The van der Waals surface area contributed by atoms with Gasteiger partial charge in [0.05, 0.1) is 31.8 Å². The van der Waals surface area contributed by atoms with Gasteiger partial charge in [0.1, 0.15) is 28.8 Å². The number of nitrogens with zero attached hydrogens (tertiary/aromatic N) is 4. The second-order valence-corrected chi connectivity index (χ2v) is 13.7. The summed E-state index contributed by atoms with van der Waals surface area (Å²) in [5.74, 6) is -5.09. The fourth-order valence-corrected chi connectivity index (χ4v) is 5.33. The molecule has 51 heavy (non-hydrogen) atoms. The summed E-state index contributed by atoms with van der Waals surface area (Å²) in [6, 6.07) is 3.18. The van der Waals surface area contributed by atoms with Crippen LogP contribution in [0.1, 0.15) is 13.8 Å². The van der Waals surface area contributed by atoms with Crippen molar-refractivity contribution >= 4 is 78.8 Å². The largest absolute Gasteiger partial charge is 0.505 e. The second kappa shape index (κ2) is 16.2. The minimum Gasteiger partial charge on any atom is -0.505 e. The Kier molecular flexibility index (Phi) is 12.5. The van der Waals surface area contributed by atoms with Crippen LogP contribution in [-0.2, 0) is 10.1 Å². The third-order valence-electron chi connectivity index (χ3n) is 6.58. The van der Waals surface area contributed by atoms with E-state index in [1.807, 2.05) is 0 Å². The van der Waals surface area contributed by atoms with Crippen LogP contribution in [0.4, 0.5) is 17.6 Å². The Labute approximate surface area is 304 Å². The van der Waals surface area contributed by atoms with E-state index in [1.54, 1.807) is 0 Å². The van der Waals surface area contributed by atoms with Gasteiger partial charge in [-0.05, 0) is 38.1 Å². The van der Waals surface area contributed by atoms with Crippen LogP contribution in [0.5, 0.6) is 11.5 Å². The molecule has 0 fully saturated rings. The molecule has 268 valence electrons. The maximum absolute atomic E-state index is 14.4. The highest BCUT2D eigenvalue weighted by atomic mass is 35.5. The molecule has 0 aliphatic rings. The molecule has 0 atom stereocenters. The quantitative estimate of drug-likeness (QED) is 0.0705. The first-order valence-corrected chi connectivity index (χ1v) is 17.1. The van der Waals surface area contributed by atoms with Crippen LogP contribution in [0, 0.1) is 23.3 Å². The van der Waals surface area contributed by atoms with Crippen molar-refractivity contribution in [2.45, 2.75) is 19.1 Å². The van der Waals surface area contributed by atoms with E-state index in [1.165, 1.54) is 38.6 Å². The van der Waals surface area contributed by atoms with E-state index < -0.39 is 93.6 Å². The molecule has 4 aromatic heterocycles. The highest BCUT2D eigenvalue weighted by molar-refractivity contribution is 7.87. The summed E-state index contributed by atoms with van der Waals surface area (Å²) in [6.45, 7) is 2.71. The Hall–Kier alpha value is -4.55. The molecule has 6 rings (SSSR count). The number of nitrogens with one attached hydrogen (secondary N) is 2. The van der Waals surface area contributed by atoms with Crippen LogP contribution in [0.25, 0.3) is 44.6 Å². The van der Waals surface area contributed by atoms with Crippen molar-refractivity contribution < 1.29 is 35.3 Å². The van der Waals surface area contributed by atoms with Crippen molar-refractivity contribution in [3.05, 3.63) is 103 Å². The molecule has 0 bridgehead atoms. The van der Waals surface area contributed by atoms with Crippen LogP contribution in [0.15, 0.2) is 58.6 Å². The van der Waals surface area contributed by atoms with E-state index in [2.05, 4.69) is 29.9 Å². The van der Waals surface area contributed by atoms with Gasteiger partial charge in [0.15, 0.2) is 28.3 Å². The van der Waals surface area contributed by atoms with Crippen LogP contribution < -0.4 is 15.3 Å². The highest BCUT2D eigenvalue weighted by Gasteiger charge is 2.29. The Balaban J connectivity index is 0.000000218. The number of hydrogen-bond donors (Lipinski definition) is 3. The van der Waals surface area contributed by atoms with Crippen molar-refractivity contribution in [3.8, 4) is 33.8 Å². The van der Waals surface area contributed by atoms with Gasteiger partial charge in [0, 0.05) is 35.9 Å². The van der Waals surface area contributed by atoms with Crippen molar-refractivity contribution in [2.24, 2.45) is 0 Å². The summed E-state index contributed by atoms with van der Waals surface area (Å²) in [7, 11) is -4.21. The zero-order chi connectivity index (χ0) is 37.8. The Bertz CT molecular complexity index is 2510. The molecule has 0 saturated carbocycles. The van der Waals surface area contributed by atoms with Crippen molar-refractivity contribution in [3.63, 3.8) is 0 Å². The molecule has 6 aromatic rings. The maximum atomic E-state index is 14.4. The molecule has 0 aliphatic heterocycles. The number of hydrogen-bond acceptors (Lipinski definition) is 10. The van der Waals surface area contributed by atoms with Gasteiger partial charge in [-0.15, -0.1) is 23.2 Å². The number of fused-ring (bicyclic) bond motifs is 2. The Morgan fingerprint density at radius 2 is 1.10 bits per heavy atom. The van der Waals surface area contributed by atoms with E-state index >= 15 is 0 Å². The topological polar surface area (TPSA) is 181 Å². The number of halogens is 8. The van der Waals surface area contributed by atoms with Gasteiger partial charge >= 0.3 is 10.1 Å². The number of pyridine rings is 2. The van der Waals surface area contributed by atoms with Crippen molar-refractivity contribution in [1.82, 2.24) is 29.9 Å². The summed E-state index contributed by atoms with van der Waals surface area (Å²) in [5.41, 5.74) is -4.36. The zero-order valence-electron chi connectivity index (χ0n) is 25.6. The average Bonchev–Trinajstić information content (AvgIpc) is 3.08. The summed E-state index contributed by atoms with van der Waals surface area (Å²) < 4.78 is 85.4. The number of alkyl halides is 2. The molecule has 0 aliphatic carbocycles. The molecule has 0 unspecified atom stereocenters. The second-order valence-electron chi connectivity index (χ2n) is 10.0. The zero-order valence-corrected chi connectivity index (χ0v) is 29.5. The van der Waals surface area contributed by atoms with E-state index in [0.717, 1.165) is 24.3 Å². The lowest BCUT2D eigenvalue weighted by molar-refractivity contribution is 0.478. The molecule has 4 heterocycles. The molecule has 21 heteroatoms. The van der Waals surface area contributed by atoms with Crippen LogP contribution >= 0.6 is 46.4 Å². The fourth-order valence-electron chi connectivity index (χ4n) is 4.25. The highest BCUT2D eigenvalue weighted by Crippen LogP contribution is 2.40. The fraction of sp³-hybridized carbons (Fsp3) is 0.133. The molecular formula is C30H20Cl4F4N6O6S. The number of aromatic nitrogens is 6. The predicted molar refractivity (Wildman–Crippen MR) is 184 cm³/mol. The van der Waals surface area contributed by atoms with E-state index in [0.29, 0.717) is 0 Å². The van der Waals surface area contributed by atoms with Gasteiger partial charge in [-0.1, -0.05) is 23.2 Å². The van der Waals surface area contributed by atoms with Crippen LogP contribution in [0.2, 0.25) is 10.0 Å². The standard InChI is InChI=1S/C16H12ClF2N3O4S.C13H6ClF2N3O2.CH2Cl2/c1-7(2)27(24,25)26-14-11(10-8(18)3-4-9(19)12(10)17)16(23)22-15-13(14)20-5-6-21-15;14-9-6(16)2-1-5(15)7(9)8-11(20)10-12(19-13(8)21)18-4-3-17-10;2-1-3/h3-7H,1-2H3,(H,21,22,23);1-4H,(H2,18,19,20,21);1H2. The van der Waals surface area contributed by atoms with Gasteiger partial charge < -0.3 is 19.3 Å². The molecule has 0 amide bonds. The number of rotatable bonds is 5. The first kappa shape index (κ1) is 39.2. The first-order valence-electron chi connectivity index (χ1n) is 13.8. The van der Waals surface area contributed by atoms with Gasteiger partial charge in [-0.25, -0.2) is 37.5 Å².